The van der Waals surface area contributed by atoms with Gasteiger partial charge in [-0.3, -0.25) is 9.69 Å². The van der Waals surface area contributed by atoms with E-state index in [2.05, 4.69) is 9.64 Å². The summed E-state index contributed by atoms with van der Waals surface area (Å²) in [6, 6.07) is 5.96. The van der Waals surface area contributed by atoms with Gasteiger partial charge in [-0.25, -0.2) is 0 Å². The smallest absolute Gasteiger partial charge is 0.406 e. The van der Waals surface area contributed by atoms with Crippen molar-refractivity contribution in [2.75, 3.05) is 33.3 Å². The number of morpholine rings is 1. The van der Waals surface area contributed by atoms with Crippen LogP contribution in [0.1, 0.15) is 24.8 Å². The quantitative estimate of drug-likeness (QED) is 0.818. The highest BCUT2D eigenvalue weighted by Crippen LogP contribution is 2.30. The van der Waals surface area contributed by atoms with Crippen LogP contribution in [0.4, 0.5) is 13.2 Å². The number of rotatable bonds is 3. The van der Waals surface area contributed by atoms with Crippen molar-refractivity contribution in [2.24, 2.45) is 0 Å². The molecule has 144 valence electrons. The number of alkyl halides is 3. The molecule has 1 aromatic carbocycles. The molecule has 5 nitrogen and oxygen atoms in total. The van der Waals surface area contributed by atoms with Crippen LogP contribution in [0, 0.1) is 0 Å². The molecule has 1 amide bonds. The first-order valence-corrected chi connectivity index (χ1v) is 8.74. The van der Waals surface area contributed by atoms with Crippen LogP contribution in [0.2, 0.25) is 0 Å². The van der Waals surface area contributed by atoms with Crippen molar-refractivity contribution in [1.29, 1.82) is 0 Å². The summed E-state index contributed by atoms with van der Waals surface area (Å²) in [5.41, 5.74) is -0.137. The van der Waals surface area contributed by atoms with E-state index >= 15 is 0 Å². The van der Waals surface area contributed by atoms with E-state index in [9.17, 15) is 18.0 Å². The fraction of sp³-hybridized carbons (Fsp3) is 0.611. The SMILES string of the molecule is CN1CCCCC2(CN(Cc3cccc(OC(F)(F)F)c3)CCO2)C1=O. The van der Waals surface area contributed by atoms with E-state index in [1.807, 2.05) is 0 Å². The van der Waals surface area contributed by atoms with E-state index in [1.54, 1.807) is 18.0 Å². The van der Waals surface area contributed by atoms with E-state index < -0.39 is 12.0 Å². The molecule has 0 bridgehead atoms. The fourth-order valence-electron chi connectivity index (χ4n) is 3.69. The van der Waals surface area contributed by atoms with E-state index in [4.69, 9.17) is 4.74 Å². The maximum atomic E-state index is 12.8. The minimum atomic E-state index is -4.71. The number of benzene rings is 1. The molecule has 1 aromatic rings. The highest BCUT2D eigenvalue weighted by atomic mass is 19.4. The van der Waals surface area contributed by atoms with Crippen LogP contribution in [0.5, 0.6) is 5.75 Å². The van der Waals surface area contributed by atoms with Gasteiger partial charge in [0.25, 0.3) is 5.91 Å². The second kappa shape index (κ2) is 7.44. The molecule has 1 unspecified atom stereocenters. The third-order valence-corrected chi connectivity index (χ3v) is 4.86. The van der Waals surface area contributed by atoms with Crippen LogP contribution in [0.25, 0.3) is 0 Å². The van der Waals surface area contributed by atoms with Gasteiger partial charge in [0, 0.05) is 33.2 Å². The summed E-state index contributed by atoms with van der Waals surface area (Å²) < 4.78 is 47.1. The van der Waals surface area contributed by atoms with E-state index in [0.29, 0.717) is 38.2 Å². The summed E-state index contributed by atoms with van der Waals surface area (Å²) in [7, 11) is 1.79. The third kappa shape index (κ3) is 4.48. The summed E-state index contributed by atoms with van der Waals surface area (Å²) in [6.07, 6.45) is -2.17. The zero-order chi connectivity index (χ0) is 18.8. The summed E-state index contributed by atoms with van der Waals surface area (Å²) in [5.74, 6) is -0.239. The Balaban J connectivity index is 1.70. The van der Waals surface area contributed by atoms with E-state index in [-0.39, 0.29) is 11.7 Å². The van der Waals surface area contributed by atoms with Gasteiger partial charge >= 0.3 is 6.36 Å². The molecule has 26 heavy (non-hydrogen) atoms. The molecule has 1 spiro atoms. The van der Waals surface area contributed by atoms with Gasteiger partial charge in [0.1, 0.15) is 5.75 Å². The van der Waals surface area contributed by atoms with Crippen LogP contribution < -0.4 is 4.74 Å². The van der Waals surface area contributed by atoms with Crippen LogP contribution in [-0.4, -0.2) is 61.0 Å². The summed E-state index contributed by atoms with van der Waals surface area (Å²) in [4.78, 5) is 16.5. The minimum Gasteiger partial charge on any atom is -0.406 e. The number of halogens is 3. The number of amides is 1. The van der Waals surface area contributed by atoms with Crippen molar-refractivity contribution in [2.45, 2.75) is 37.8 Å². The third-order valence-electron chi connectivity index (χ3n) is 4.86. The van der Waals surface area contributed by atoms with Gasteiger partial charge in [-0.05, 0) is 37.0 Å². The maximum absolute atomic E-state index is 12.8. The lowest BCUT2D eigenvalue weighted by molar-refractivity contribution is -0.274. The molecule has 0 radical (unpaired) electrons. The second-order valence-electron chi connectivity index (χ2n) is 6.93. The number of hydrogen-bond acceptors (Lipinski definition) is 4. The number of likely N-dealkylation sites (tertiary alicyclic amines) is 1. The van der Waals surface area contributed by atoms with Crippen LogP contribution >= 0.6 is 0 Å². The lowest BCUT2D eigenvalue weighted by Gasteiger charge is -2.42. The number of ether oxygens (including phenoxy) is 2. The number of carbonyl (C=O) groups is 1. The Morgan fingerprint density at radius 2 is 2.08 bits per heavy atom. The second-order valence-corrected chi connectivity index (χ2v) is 6.93. The number of nitrogens with zero attached hydrogens (tertiary/aromatic N) is 2. The molecule has 0 N–H and O–H groups in total. The molecular formula is C18H23F3N2O3. The Hall–Kier alpha value is -1.80. The van der Waals surface area contributed by atoms with Gasteiger partial charge in [0.15, 0.2) is 5.60 Å². The molecule has 2 fully saturated rings. The van der Waals surface area contributed by atoms with Gasteiger partial charge in [-0.1, -0.05) is 12.1 Å². The largest absolute Gasteiger partial charge is 0.573 e. The molecular weight excluding hydrogens is 349 g/mol. The van der Waals surface area contributed by atoms with Gasteiger partial charge < -0.3 is 14.4 Å². The Kier molecular flexibility index (Phi) is 5.43. The molecule has 2 aliphatic rings. The van der Waals surface area contributed by atoms with E-state index in [1.165, 1.54) is 18.2 Å². The minimum absolute atomic E-state index is 0.00569. The van der Waals surface area contributed by atoms with Crippen LogP contribution in [0.15, 0.2) is 24.3 Å². The van der Waals surface area contributed by atoms with E-state index in [0.717, 1.165) is 19.4 Å². The average Bonchev–Trinajstić information content (AvgIpc) is 2.68. The van der Waals surface area contributed by atoms with Crippen LogP contribution in [0.3, 0.4) is 0 Å². The number of hydrogen-bond donors (Lipinski definition) is 0. The summed E-state index contributed by atoms with van der Waals surface area (Å²) >= 11 is 0. The van der Waals surface area contributed by atoms with Crippen molar-refractivity contribution < 1.29 is 27.4 Å². The van der Waals surface area contributed by atoms with Crippen molar-refractivity contribution in [3.8, 4) is 5.75 Å². The topological polar surface area (TPSA) is 42.0 Å². The van der Waals surface area contributed by atoms with Gasteiger partial charge in [0.2, 0.25) is 0 Å². The molecule has 3 rings (SSSR count). The zero-order valence-corrected chi connectivity index (χ0v) is 14.7. The van der Waals surface area contributed by atoms with Gasteiger partial charge in [-0.15, -0.1) is 13.2 Å². The summed E-state index contributed by atoms with van der Waals surface area (Å²) in [5, 5.41) is 0. The molecule has 2 aliphatic heterocycles. The number of carbonyl (C=O) groups excluding carboxylic acids is 1. The molecule has 2 saturated heterocycles. The predicted octanol–water partition coefficient (Wildman–Crippen LogP) is 2.80. The Morgan fingerprint density at radius 3 is 2.85 bits per heavy atom. The molecule has 0 aromatic heterocycles. The fourth-order valence-corrected chi connectivity index (χ4v) is 3.69. The van der Waals surface area contributed by atoms with Crippen molar-refractivity contribution >= 4 is 5.91 Å². The first kappa shape index (κ1) is 19.0. The standard InChI is InChI=1S/C18H23F3N2O3/c1-22-8-3-2-7-17(16(22)24)13-23(9-10-25-17)12-14-5-4-6-15(11-14)26-18(19,20)21/h4-6,11H,2-3,7-10,12-13H2,1H3. The Bertz CT molecular complexity index is 653. The maximum Gasteiger partial charge on any atom is 0.573 e. The molecule has 1 atom stereocenters. The predicted molar refractivity (Wildman–Crippen MR) is 88.6 cm³/mol. The molecule has 8 heteroatoms. The zero-order valence-electron chi connectivity index (χ0n) is 14.7. The summed E-state index contributed by atoms with van der Waals surface area (Å²) in [6.45, 7) is 2.67. The lowest BCUT2D eigenvalue weighted by Crippen LogP contribution is -2.59. The molecule has 0 aliphatic carbocycles. The Labute approximate surface area is 150 Å². The van der Waals surface area contributed by atoms with Crippen molar-refractivity contribution in [3.05, 3.63) is 29.8 Å². The van der Waals surface area contributed by atoms with Gasteiger partial charge in [-0.2, -0.15) is 0 Å². The van der Waals surface area contributed by atoms with Crippen molar-refractivity contribution in [1.82, 2.24) is 9.80 Å². The molecule has 0 saturated carbocycles. The first-order valence-electron chi connectivity index (χ1n) is 8.74. The van der Waals surface area contributed by atoms with Crippen LogP contribution in [-0.2, 0) is 16.1 Å². The highest BCUT2D eigenvalue weighted by molar-refractivity contribution is 5.85. The van der Waals surface area contributed by atoms with Gasteiger partial charge in [0.05, 0.1) is 6.61 Å². The number of likely N-dealkylation sites (N-methyl/N-ethyl adjacent to an activating group) is 1. The monoisotopic (exact) mass is 372 g/mol. The normalized spacial score (nSPS) is 25.4. The van der Waals surface area contributed by atoms with Crippen molar-refractivity contribution in [3.63, 3.8) is 0 Å². The Morgan fingerprint density at radius 1 is 1.27 bits per heavy atom. The first-order chi connectivity index (χ1) is 12.3. The highest BCUT2D eigenvalue weighted by Gasteiger charge is 2.45. The lowest BCUT2D eigenvalue weighted by atomic mass is 9.94. The average molecular weight is 372 g/mol. The molecule has 2 heterocycles.